The van der Waals surface area contributed by atoms with E-state index >= 15 is 0 Å². The molecule has 0 radical (unpaired) electrons. The van der Waals surface area contributed by atoms with Gasteiger partial charge in [0.15, 0.2) is 11.6 Å². The Hall–Kier alpha value is -2.81. The second kappa shape index (κ2) is 8.47. The zero-order valence-corrected chi connectivity index (χ0v) is 16.4. The number of halogens is 3. The Kier molecular flexibility index (Phi) is 6.03. The summed E-state index contributed by atoms with van der Waals surface area (Å²) in [7, 11) is 0. The van der Waals surface area contributed by atoms with Gasteiger partial charge in [0.1, 0.15) is 11.9 Å². The summed E-state index contributed by atoms with van der Waals surface area (Å²) in [6.45, 7) is 1.70. The number of nitrogens with zero attached hydrogens (tertiary/aromatic N) is 2. The zero-order valence-electron chi connectivity index (χ0n) is 14.9. The molecule has 3 rings (SSSR count). The highest BCUT2D eigenvalue weighted by molar-refractivity contribution is 6.36. The molecule has 142 valence electrons. The highest BCUT2D eigenvalue weighted by atomic mass is 35.5. The van der Waals surface area contributed by atoms with Gasteiger partial charge >= 0.3 is 0 Å². The smallest absolute Gasteiger partial charge is 0.166 e. The number of nitriles is 1. The van der Waals surface area contributed by atoms with Crippen molar-refractivity contribution < 1.29 is 9.13 Å². The van der Waals surface area contributed by atoms with Crippen LogP contribution in [0.5, 0.6) is 5.75 Å². The Morgan fingerprint density at radius 3 is 2.57 bits per heavy atom. The Labute approximate surface area is 172 Å². The number of nitrogens with two attached hydrogens (primary N) is 1. The van der Waals surface area contributed by atoms with E-state index in [9.17, 15) is 4.39 Å². The Morgan fingerprint density at radius 2 is 1.89 bits per heavy atom. The van der Waals surface area contributed by atoms with Crippen molar-refractivity contribution in [1.29, 1.82) is 5.26 Å². The molecule has 3 aromatic rings. The highest BCUT2D eigenvalue weighted by Gasteiger charge is 2.20. The molecular weight excluding hydrogens is 400 g/mol. The monoisotopic (exact) mass is 415 g/mol. The maximum absolute atomic E-state index is 13.8. The van der Waals surface area contributed by atoms with E-state index in [0.29, 0.717) is 22.8 Å². The van der Waals surface area contributed by atoms with Gasteiger partial charge in [-0.2, -0.15) is 5.26 Å². The molecule has 2 aromatic carbocycles. The summed E-state index contributed by atoms with van der Waals surface area (Å²) in [5.41, 5.74) is 8.90. The van der Waals surface area contributed by atoms with Gasteiger partial charge in [-0.1, -0.05) is 47.5 Å². The van der Waals surface area contributed by atoms with E-state index in [1.807, 2.05) is 24.3 Å². The first kappa shape index (κ1) is 19.9. The molecule has 1 unspecified atom stereocenters. The van der Waals surface area contributed by atoms with E-state index in [2.05, 4.69) is 11.1 Å². The van der Waals surface area contributed by atoms with E-state index in [-0.39, 0.29) is 10.8 Å². The van der Waals surface area contributed by atoms with Crippen LogP contribution in [0, 0.1) is 17.1 Å². The van der Waals surface area contributed by atoms with Crippen molar-refractivity contribution in [3.63, 3.8) is 0 Å². The van der Waals surface area contributed by atoms with Gasteiger partial charge in [0.2, 0.25) is 0 Å². The number of hydrogen-bond donors (Lipinski definition) is 1. The molecule has 1 aromatic heterocycles. The molecule has 1 heterocycles. The molecule has 0 saturated carbocycles. The van der Waals surface area contributed by atoms with Crippen LogP contribution < -0.4 is 10.5 Å². The van der Waals surface area contributed by atoms with Crippen molar-refractivity contribution in [1.82, 2.24) is 4.98 Å². The Balaban J connectivity index is 1.90. The summed E-state index contributed by atoms with van der Waals surface area (Å²) in [6.07, 6.45) is 1.34. The first-order valence-electron chi connectivity index (χ1n) is 8.42. The fourth-order valence-corrected chi connectivity index (χ4v) is 3.46. The van der Waals surface area contributed by atoms with Gasteiger partial charge in [-0.05, 0) is 36.2 Å². The van der Waals surface area contributed by atoms with Gasteiger partial charge in [0.25, 0.3) is 0 Å². The van der Waals surface area contributed by atoms with Crippen LogP contribution in [0.15, 0.2) is 48.7 Å². The van der Waals surface area contributed by atoms with Crippen molar-refractivity contribution in [3.8, 4) is 22.9 Å². The normalized spacial score (nSPS) is 11.7. The molecule has 28 heavy (non-hydrogen) atoms. The summed E-state index contributed by atoms with van der Waals surface area (Å²) >= 11 is 12.2. The predicted octanol–water partition coefficient (Wildman–Crippen LogP) is 5.98. The minimum absolute atomic E-state index is 0.0873. The van der Waals surface area contributed by atoms with Crippen LogP contribution in [0.4, 0.5) is 10.2 Å². The summed E-state index contributed by atoms with van der Waals surface area (Å²) in [5.74, 6) is -0.0448. The standard InChI is InChI=1S/C21H16Cl2FN3O/c1-12(19-16(22)6-7-17(24)20(19)23)28-18-10-15(11-27-21(18)26)14-4-2-13(3-5-14)8-9-25/h2-7,10-12H,8H2,1H3,(H2,26,27). The molecule has 0 spiro atoms. The summed E-state index contributed by atoms with van der Waals surface area (Å²) in [5, 5.41) is 8.99. The number of aromatic nitrogens is 1. The number of benzene rings is 2. The van der Waals surface area contributed by atoms with Crippen molar-refractivity contribution in [2.75, 3.05) is 5.73 Å². The molecule has 0 saturated heterocycles. The van der Waals surface area contributed by atoms with Crippen LogP contribution in [0.2, 0.25) is 10.0 Å². The molecule has 0 bridgehead atoms. The quantitative estimate of drug-likeness (QED) is 0.519. The largest absolute Gasteiger partial charge is 0.482 e. The van der Waals surface area contributed by atoms with Gasteiger partial charge in [-0.3, -0.25) is 0 Å². The third-order valence-corrected chi connectivity index (χ3v) is 4.96. The molecule has 0 aliphatic heterocycles. The van der Waals surface area contributed by atoms with Gasteiger partial charge in [0, 0.05) is 22.3 Å². The van der Waals surface area contributed by atoms with Crippen LogP contribution in [-0.2, 0) is 6.42 Å². The van der Waals surface area contributed by atoms with Gasteiger partial charge < -0.3 is 10.5 Å². The van der Waals surface area contributed by atoms with Gasteiger partial charge in [-0.25, -0.2) is 9.37 Å². The zero-order chi connectivity index (χ0) is 20.3. The minimum atomic E-state index is -0.645. The fourth-order valence-electron chi connectivity index (χ4n) is 2.78. The lowest BCUT2D eigenvalue weighted by atomic mass is 10.0. The van der Waals surface area contributed by atoms with Crippen molar-refractivity contribution in [2.24, 2.45) is 0 Å². The van der Waals surface area contributed by atoms with E-state index in [1.54, 1.807) is 19.2 Å². The third-order valence-electron chi connectivity index (χ3n) is 4.24. The minimum Gasteiger partial charge on any atom is -0.482 e. The average molecular weight is 416 g/mol. The van der Waals surface area contributed by atoms with E-state index in [1.165, 1.54) is 12.1 Å². The summed E-state index contributed by atoms with van der Waals surface area (Å²) < 4.78 is 19.7. The third kappa shape index (κ3) is 4.19. The topological polar surface area (TPSA) is 71.9 Å². The molecule has 1 atom stereocenters. The number of pyridine rings is 1. The van der Waals surface area contributed by atoms with E-state index in [0.717, 1.165) is 16.7 Å². The van der Waals surface area contributed by atoms with Crippen LogP contribution in [0.3, 0.4) is 0 Å². The summed E-state index contributed by atoms with van der Waals surface area (Å²) in [4.78, 5) is 4.18. The van der Waals surface area contributed by atoms with Crippen molar-refractivity contribution >= 4 is 29.0 Å². The molecule has 0 amide bonds. The number of anilines is 1. The molecule has 4 nitrogen and oxygen atoms in total. The molecule has 0 aliphatic carbocycles. The average Bonchev–Trinajstić information content (AvgIpc) is 2.68. The summed E-state index contributed by atoms with van der Waals surface area (Å²) in [6, 6.07) is 14.0. The highest BCUT2D eigenvalue weighted by Crippen LogP contribution is 2.36. The van der Waals surface area contributed by atoms with Crippen LogP contribution in [0.1, 0.15) is 24.2 Å². The van der Waals surface area contributed by atoms with E-state index in [4.69, 9.17) is 38.9 Å². The van der Waals surface area contributed by atoms with E-state index < -0.39 is 11.9 Å². The van der Waals surface area contributed by atoms with Crippen LogP contribution in [-0.4, -0.2) is 4.98 Å². The molecule has 0 aliphatic rings. The first-order chi connectivity index (χ1) is 13.4. The lowest BCUT2D eigenvalue weighted by molar-refractivity contribution is 0.227. The second-order valence-corrected chi connectivity index (χ2v) is 6.94. The lowest BCUT2D eigenvalue weighted by Crippen LogP contribution is -2.08. The lowest BCUT2D eigenvalue weighted by Gasteiger charge is -2.19. The Morgan fingerprint density at radius 1 is 1.18 bits per heavy atom. The SMILES string of the molecule is CC(Oc1cc(-c2ccc(CC#N)cc2)cnc1N)c1c(Cl)ccc(F)c1Cl. The van der Waals surface area contributed by atoms with Crippen LogP contribution in [0.25, 0.3) is 11.1 Å². The molecule has 0 fully saturated rings. The number of hydrogen-bond acceptors (Lipinski definition) is 4. The van der Waals surface area contributed by atoms with Crippen LogP contribution >= 0.6 is 23.2 Å². The van der Waals surface area contributed by atoms with Gasteiger partial charge in [-0.15, -0.1) is 0 Å². The number of nitrogen functional groups attached to an aromatic ring is 1. The number of rotatable bonds is 5. The van der Waals surface area contributed by atoms with Crippen molar-refractivity contribution in [3.05, 3.63) is 75.7 Å². The predicted molar refractivity (Wildman–Crippen MR) is 109 cm³/mol. The first-order valence-corrected chi connectivity index (χ1v) is 9.18. The molecule has 7 heteroatoms. The maximum atomic E-state index is 13.8. The van der Waals surface area contributed by atoms with Gasteiger partial charge in [0.05, 0.1) is 17.5 Å². The number of ether oxygens (including phenoxy) is 1. The Bertz CT molecular complexity index is 1050. The molecule has 2 N–H and O–H groups in total. The maximum Gasteiger partial charge on any atom is 0.166 e. The second-order valence-electron chi connectivity index (χ2n) is 6.16. The molecular formula is C21H16Cl2FN3O. The van der Waals surface area contributed by atoms with Crippen molar-refractivity contribution in [2.45, 2.75) is 19.4 Å². The fraction of sp³-hybridized carbons (Fsp3) is 0.143.